The Hall–Kier alpha value is -1.09. The molecule has 1 aromatic heterocycles. The molecule has 1 aliphatic rings. The Bertz CT molecular complexity index is 279. The van der Waals surface area contributed by atoms with Gasteiger partial charge in [0.1, 0.15) is 5.82 Å². The van der Waals surface area contributed by atoms with Gasteiger partial charge in [0.05, 0.1) is 0 Å². The van der Waals surface area contributed by atoms with Crippen molar-refractivity contribution < 1.29 is 0 Å². The molecule has 1 aliphatic carbocycles. The number of hydrogen-bond donors (Lipinski definition) is 1. The summed E-state index contributed by atoms with van der Waals surface area (Å²) < 4.78 is 0. The van der Waals surface area contributed by atoms with Crippen LogP contribution in [0.25, 0.3) is 0 Å². The van der Waals surface area contributed by atoms with E-state index in [4.69, 9.17) is 5.73 Å². The molecule has 0 bridgehead atoms. The molecule has 0 aliphatic heterocycles. The Morgan fingerprint density at radius 2 is 2.31 bits per heavy atom. The molecule has 2 N–H and O–H groups in total. The minimum absolute atomic E-state index is 0.0618. The first-order valence-corrected chi connectivity index (χ1v) is 4.61. The number of pyridine rings is 1. The molecular formula is C10H15N3. The summed E-state index contributed by atoms with van der Waals surface area (Å²) in [5.41, 5.74) is 6.08. The Labute approximate surface area is 78.6 Å². The summed E-state index contributed by atoms with van der Waals surface area (Å²) in [6.45, 7) is 0.907. The van der Waals surface area contributed by atoms with E-state index in [9.17, 15) is 0 Å². The fourth-order valence-electron chi connectivity index (χ4n) is 1.45. The first-order chi connectivity index (χ1) is 6.20. The van der Waals surface area contributed by atoms with Crippen LogP contribution in [0.5, 0.6) is 0 Å². The van der Waals surface area contributed by atoms with Crippen molar-refractivity contribution in [1.29, 1.82) is 0 Å². The van der Waals surface area contributed by atoms with Gasteiger partial charge >= 0.3 is 0 Å². The van der Waals surface area contributed by atoms with Gasteiger partial charge in [-0.05, 0) is 25.0 Å². The van der Waals surface area contributed by atoms with Crippen molar-refractivity contribution in [2.75, 3.05) is 18.5 Å². The Kier molecular flexibility index (Phi) is 1.96. The van der Waals surface area contributed by atoms with Gasteiger partial charge in [0.2, 0.25) is 0 Å². The third-order valence-corrected chi connectivity index (χ3v) is 2.48. The van der Waals surface area contributed by atoms with E-state index in [-0.39, 0.29) is 5.54 Å². The maximum atomic E-state index is 6.02. The van der Waals surface area contributed by atoms with Gasteiger partial charge < -0.3 is 10.6 Å². The van der Waals surface area contributed by atoms with Crippen molar-refractivity contribution in [3.05, 3.63) is 24.4 Å². The van der Waals surface area contributed by atoms with Crippen LogP contribution in [0.3, 0.4) is 0 Å². The molecule has 0 atom stereocenters. The SMILES string of the molecule is CN(CC1(N)CC1)c1ccccn1. The van der Waals surface area contributed by atoms with Crippen LogP contribution in [0.4, 0.5) is 5.82 Å². The van der Waals surface area contributed by atoms with Gasteiger partial charge in [-0.2, -0.15) is 0 Å². The fraction of sp³-hybridized carbons (Fsp3) is 0.500. The van der Waals surface area contributed by atoms with Crippen LogP contribution in [0.1, 0.15) is 12.8 Å². The summed E-state index contributed by atoms with van der Waals surface area (Å²) in [5, 5.41) is 0. The quantitative estimate of drug-likeness (QED) is 0.749. The topological polar surface area (TPSA) is 42.1 Å². The number of aromatic nitrogens is 1. The summed E-state index contributed by atoms with van der Waals surface area (Å²) in [5.74, 6) is 0.999. The van der Waals surface area contributed by atoms with E-state index in [0.29, 0.717) is 0 Å². The first-order valence-electron chi connectivity index (χ1n) is 4.61. The number of nitrogens with two attached hydrogens (primary N) is 1. The molecule has 0 amide bonds. The van der Waals surface area contributed by atoms with Gasteiger partial charge in [0, 0.05) is 25.3 Å². The molecule has 70 valence electrons. The molecule has 3 heteroatoms. The highest BCUT2D eigenvalue weighted by Crippen LogP contribution is 2.33. The third kappa shape index (κ3) is 1.98. The number of anilines is 1. The molecule has 1 aromatic rings. The highest BCUT2D eigenvalue weighted by molar-refractivity contribution is 5.37. The maximum Gasteiger partial charge on any atom is 0.128 e. The lowest BCUT2D eigenvalue weighted by Crippen LogP contribution is -2.37. The van der Waals surface area contributed by atoms with Gasteiger partial charge in [-0.25, -0.2) is 4.98 Å². The summed E-state index contributed by atoms with van der Waals surface area (Å²) >= 11 is 0. The molecule has 1 heterocycles. The van der Waals surface area contributed by atoms with Crippen molar-refractivity contribution in [3.8, 4) is 0 Å². The van der Waals surface area contributed by atoms with Gasteiger partial charge in [-0.15, -0.1) is 0 Å². The molecule has 0 unspecified atom stereocenters. The van der Waals surface area contributed by atoms with Crippen LogP contribution >= 0.6 is 0 Å². The maximum absolute atomic E-state index is 6.02. The van der Waals surface area contributed by atoms with Crippen molar-refractivity contribution in [2.24, 2.45) is 5.73 Å². The van der Waals surface area contributed by atoms with E-state index in [0.717, 1.165) is 25.2 Å². The molecule has 1 fully saturated rings. The second kappa shape index (κ2) is 3.00. The number of rotatable bonds is 3. The molecule has 2 rings (SSSR count). The van der Waals surface area contributed by atoms with Crippen LogP contribution in [-0.2, 0) is 0 Å². The summed E-state index contributed by atoms with van der Waals surface area (Å²) in [7, 11) is 2.04. The summed E-state index contributed by atoms with van der Waals surface area (Å²) in [6.07, 6.45) is 4.09. The van der Waals surface area contributed by atoms with Crippen molar-refractivity contribution in [2.45, 2.75) is 18.4 Å². The zero-order valence-corrected chi connectivity index (χ0v) is 7.90. The van der Waals surface area contributed by atoms with Crippen molar-refractivity contribution in [1.82, 2.24) is 4.98 Å². The molecule has 3 nitrogen and oxygen atoms in total. The van der Waals surface area contributed by atoms with Gasteiger partial charge in [0.25, 0.3) is 0 Å². The standard InChI is InChI=1S/C10H15N3/c1-13(8-10(11)5-6-10)9-4-2-3-7-12-9/h2-4,7H,5-6,8,11H2,1H3. The van der Waals surface area contributed by atoms with Gasteiger partial charge in [-0.3, -0.25) is 0 Å². The van der Waals surface area contributed by atoms with E-state index in [1.165, 1.54) is 0 Å². The van der Waals surface area contributed by atoms with Crippen LogP contribution in [-0.4, -0.2) is 24.1 Å². The minimum atomic E-state index is 0.0618. The molecular weight excluding hydrogens is 162 g/mol. The molecule has 13 heavy (non-hydrogen) atoms. The zero-order valence-electron chi connectivity index (χ0n) is 7.90. The summed E-state index contributed by atoms with van der Waals surface area (Å²) in [4.78, 5) is 6.38. The largest absolute Gasteiger partial charge is 0.358 e. The highest BCUT2D eigenvalue weighted by Gasteiger charge is 2.39. The average Bonchev–Trinajstić information content (AvgIpc) is 2.85. The van der Waals surface area contributed by atoms with Crippen LogP contribution in [0, 0.1) is 0 Å². The molecule has 0 aromatic carbocycles. The van der Waals surface area contributed by atoms with Gasteiger partial charge in [0.15, 0.2) is 0 Å². The van der Waals surface area contributed by atoms with Crippen LogP contribution in [0.2, 0.25) is 0 Å². The van der Waals surface area contributed by atoms with E-state index in [1.807, 2.05) is 31.4 Å². The molecule has 0 saturated heterocycles. The number of likely N-dealkylation sites (N-methyl/N-ethyl adjacent to an activating group) is 1. The van der Waals surface area contributed by atoms with Crippen LogP contribution < -0.4 is 10.6 Å². The predicted octanol–water partition coefficient (Wildman–Crippen LogP) is 1.01. The fourth-order valence-corrected chi connectivity index (χ4v) is 1.45. The monoisotopic (exact) mass is 177 g/mol. The molecule has 0 radical (unpaired) electrons. The Balaban J connectivity index is 2.01. The minimum Gasteiger partial charge on any atom is -0.358 e. The van der Waals surface area contributed by atoms with E-state index < -0.39 is 0 Å². The Morgan fingerprint density at radius 1 is 1.54 bits per heavy atom. The predicted molar refractivity (Wildman–Crippen MR) is 53.7 cm³/mol. The number of nitrogens with zero attached hydrogens (tertiary/aromatic N) is 2. The zero-order chi connectivity index (χ0) is 9.31. The summed E-state index contributed by atoms with van der Waals surface area (Å²) in [6, 6.07) is 5.92. The first kappa shape index (κ1) is 8.51. The second-order valence-corrected chi connectivity index (χ2v) is 3.91. The highest BCUT2D eigenvalue weighted by atomic mass is 15.2. The smallest absolute Gasteiger partial charge is 0.128 e. The second-order valence-electron chi connectivity index (χ2n) is 3.91. The lowest BCUT2D eigenvalue weighted by Gasteiger charge is -2.21. The third-order valence-electron chi connectivity index (χ3n) is 2.48. The molecule has 1 saturated carbocycles. The van der Waals surface area contributed by atoms with Crippen LogP contribution in [0.15, 0.2) is 24.4 Å². The normalized spacial score (nSPS) is 18.3. The number of hydrogen-bond acceptors (Lipinski definition) is 3. The average molecular weight is 177 g/mol. The Morgan fingerprint density at radius 3 is 2.85 bits per heavy atom. The van der Waals surface area contributed by atoms with Crippen molar-refractivity contribution in [3.63, 3.8) is 0 Å². The molecule has 0 spiro atoms. The lowest BCUT2D eigenvalue weighted by molar-refractivity contribution is 0.656. The van der Waals surface area contributed by atoms with Gasteiger partial charge in [-0.1, -0.05) is 6.07 Å². The van der Waals surface area contributed by atoms with E-state index >= 15 is 0 Å². The van der Waals surface area contributed by atoms with Crippen molar-refractivity contribution >= 4 is 5.82 Å². The van der Waals surface area contributed by atoms with E-state index in [1.54, 1.807) is 0 Å². The lowest BCUT2D eigenvalue weighted by atomic mass is 10.3. The van der Waals surface area contributed by atoms with E-state index in [2.05, 4.69) is 9.88 Å².